The van der Waals surface area contributed by atoms with Crippen molar-refractivity contribution in [2.24, 2.45) is 0 Å². The predicted octanol–water partition coefficient (Wildman–Crippen LogP) is 3.88. The maximum absolute atomic E-state index is 12.3. The van der Waals surface area contributed by atoms with Crippen LogP contribution in [0.2, 0.25) is 0 Å². The topological polar surface area (TPSA) is 58.6 Å². The third-order valence-corrected chi connectivity index (χ3v) is 4.83. The highest BCUT2D eigenvalue weighted by Crippen LogP contribution is 2.27. The second-order valence-corrected chi connectivity index (χ2v) is 6.68. The van der Waals surface area contributed by atoms with Gasteiger partial charge in [0.15, 0.2) is 0 Å². The quantitative estimate of drug-likeness (QED) is 0.716. The minimum atomic E-state index is -0.0749. The van der Waals surface area contributed by atoms with Gasteiger partial charge in [0.25, 0.3) is 0 Å². The number of benzene rings is 2. The Kier molecular flexibility index (Phi) is 8.05. The summed E-state index contributed by atoms with van der Waals surface area (Å²) >= 11 is 0. The molecule has 2 aromatic rings. The van der Waals surface area contributed by atoms with Gasteiger partial charge in [-0.3, -0.25) is 9.59 Å². The summed E-state index contributed by atoms with van der Waals surface area (Å²) in [4.78, 5) is 26.4. The summed E-state index contributed by atoms with van der Waals surface area (Å²) in [5.41, 5.74) is 4.23. The molecule has 0 radical (unpaired) electrons. The van der Waals surface area contributed by atoms with Crippen molar-refractivity contribution in [2.45, 2.75) is 46.6 Å². The lowest BCUT2D eigenvalue weighted by atomic mass is 10.0. The van der Waals surface area contributed by atoms with E-state index in [1.807, 2.05) is 42.5 Å². The van der Waals surface area contributed by atoms with Crippen LogP contribution in [-0.4, -0.2) is 25.5 Å². The van der Waals surface area contributed by atoms with Gasteiger partial charge in [-0.2, -0.15) is 0 Å². The largest absolute Gasteiger partial charge is 0.497 e. The molecule has 0 bridgehead atoms. The van der Waals surface area contributed by atoms with E-state index in [1.165, 1.54) is 0 Å². The molecule has 150 valence electrons. The second kappa shape index (κ2) is 10.5. The Morgan fingerprint density at radius 1 is 1.00 bits per heavy atom. The second-order valence-electron chi connectivity index (χ2n) is 6.68. The fourth-order valence-electron chi connectivity index (χ4n) is 3.23. The summed E-state index contributed by atoms with van der Waals surface area (Å²) in [5.74, 6) is 0.668. The number of rotatable bonds is 9. The van der Waals surface area contributed by atoms with E-state index in [2.05, 4.69) is 19.2 Å². The van der Waals surface area contributed by atoms with E-state index in [-0.39, 0.29) is 18.2 Å². The van der Waals surface area contributed by atoms with Crippen molar-refractivity contribution in [2.75, 3.05) is 18.6 Å². The van der Waals surface area contributed by atoms with Crippen LogP contribution in [0.1, 0.15) is 43.9 Å². The minimum absolute atomic E-state index is 0.0430. The number of para-hydroxylation sites is 1. The Labute approximate surface area is 167 Å². The molecule has 0 aliphatic rings. The number of aryl methyl sites for hydroxylation is 2. The van der Waals surface area contributed by atoms with E-state index < -0.39 is 0 Å². The van der Waals surface area contributed by atoms with Gasteiger partial charge in [0.05, 0.1) is 7.11 Å². The first kappa shape index (κ1) is 21.5. The molecule has 0 heterocycles. The lowest BCUT2D eigenvalue weighted by Crippen LogP contribution is -2.35. The summed E-state index contributed by atoms with van der Waals surface area (Å²) < 4.78 is 5.14. The van der Waals surface area contributed by atoms with Crippen molar-refractivity contribution in [1.29, 1.82) is 0 Å². The van der Waals surface area contributed by atoms with Crippen molar-refractivity contribution in [3.63, 3.8) is 0 Å². The molecular weight excluding hydrogens is 352 g/mol. The number of hydrogen-bond donors (Lipinski definition) is 1. The van der Waals surface area contributed by atoms with Crippen LogP contribution < -0.4 is 15.0 Å². The Hall–Kier alpha value is -2.82. The van der Waals surface area contributed by atoms with Crippen molar-refractivity contribution in [3.8, 4) is 5.75 Å². The third-order valence-electron chi connectivity index (χ3n) is 4.83. The monoisotopic (exact) mass is 382 g/mol. The lowest BCUT2D eigenvalue weighted by molar-refractivity contribution is -0.121. The summed E-state index contributed by atoms with van der Waals surface area (Å²) in [6.45, 7) is 6.54. The molecule has 5 heteroatoms. The fourth-order valence-corrected chi connectivity index (χ4v) is 3.23. The molecule has 5 nitrogen and oxygen atoms in total. The van der Waals surface area contributed by atoms with Crippen LogP contribution >= 0.6 is 0 Å². The van der Waals surface area contributed by atoms with E-state index >= 15 is 0 Å². The third kappa shape index (κ3) is 5.59. The molecule has 0 aliphatic heterocycles. The van der Waals surface area contributed by atoms with Crippen LogP contribution in [-0.2, 0) is 29.0 Å². The highest BCUT2D eigenvalue weighted by molar-refractivity contribution is 5.94. The SMILES string of the molecule is CCc1cccc(CC)c1N(CCC(=O)NCc1ccc(OC)cc1)C(C)=O. The van der Waals surface area contributed by atoms with Crippen LogP contribution in [0.5, 0.6) is 5.75 Å². The molecule has 0 aromatic heterocycles. The molecule has 28 heavy (non-hydrogen) atoms. The molecule has 0 unspecified atom stereocenters. The number of hydrogen-bond acceptors (Lipinski definition) is 3. The first-order valence-electron chi connectivity index (χ1n) is 9.78. The van der Waals surface area contributed by atoms with Gasteiger partial charge in [-0.15, -0.1) is 0 Å². The standard InChI is InChI=1S/C23H30N2O3/c1-5-19-8-7-9-20(6-2)23(19)25(17(3)26)15-14-22(27)24-16-18-10-12-21(28-4)13-11-18/h7-13H,5-6,14-16H2,1-4H3,(H,24,27). The van der Waals surface area contributed by atoms with Crippen LogP contribution in [0.3, 0.4) is 0 Å². The Balaban J connectivity index is 2.01. The number of methoxy groups -OCH3 is 1. The van der Waals surface area contributed by atoms with Gasteiger partial charge in [-0.25, -0.2) is 0 Å². The molecule has 0 fully saturated rings. The summed E-state index contributed by atoms with van der Waals surface area (Å²) in [6, 6.07) is 13.7. The number of ether oxygens (including phenoxy) is 1. The number of anilines is 1. The van der Waals surface area contributed by atoms with Gasteiger partial charge in [-0.05, 0) is 41.7 Å². The molecule has 2 aromatic carbocycles. The summed E-state index contributed by atoms with van der Waals surface area (Å²) in [6.07, 6.45) is 1.95. The van der Waals surface area contributed by atoms with Gasteiger partial charge >= 0.3 is 0 Å². The number of nitrogens with one attached hydrogen (secondary N) is 1. The zero-order chi connectivity index (χ0) is 20.5. The highest BCUT2D eigenvalue weighted by Gasteiger charge is 2.19. The molecule has 2 rings (SSSR count). The van der Waals surface area contributed by atoms with Crippen molar-refractivity contribution in [3.05, 3.63) is 59.2 Å². The van der Waals surface area contributed by atoms with E-state index in [0.29, 0.717) is 13.1 Å². The maximum atomic E-state index is 12.3. The Morgan fingerprint density at radius 2 is 1.61 bits per heavy atom. The zero-order valence-electron chi connectivity index (χ0n) is 17.2. The van der Waals surface area contributed by atoms with Crippen LogP contribution in [0.15, 0.2) is 42.5 Å². The molecule has 0 saturated carbocycles. The average Bonchev–Trinajstić information content (AvgIpc) is 2.72. The zero-order valence-corrected chi connectivity index (χ0v) is 17.2. The van der Waals surface area contributed by atoms with Gasteiger partial charge in [0.1, 0.15) is 5.75 Å². The van der Waals surface area contributed by atoms with Crippen molar-refractivity contribution < 1.29 is 14.3 Å². The maximum Gasteiger partial charge on any atom is 0.223 e. The minimum Gasteiger partial charge on any atom is -0.497 e. The first-order chi connectivity index (χ1) is 13.5. The molecule has 1 N–H and O–H groups in total. The molecule has 0 spiro atoms. The normalized spacial score (nSPS) is 10.4. The molecule has 2 amide bonds. The Morgan fingerprint density at radius 3 is 2.11 bits per heavy atom. The summed E-state index contributed by atoms with van der Waals surface area (Å²) in [5, 5.41) is 2.92. The van der Waals surface area contributed by atoms with Crippen LogP contribution in [0.4, 0.5) is 5.69 Å². The van der Waals surface area contributed by atoms with Crippen LogP contribution in [0, 0.1) is 0 Å². The van der Waals surface area contributed by atoms with Crippen molar-refractivity contribution in [1.82, 2.24) is 5.32 Å². The molecular formula is C23H30N2O3. The smallest absolute Gasteiger partial charge is 0.223 e. The van der Waals surface area contributed by atoms with E-state index in [9.17, 15) is 9.59 Å². The van der Waals surface area contributed by atoms with E-state index in [4.69, 9.17) is 4.74 Å². The first-order valence-corrected chi connectivity index (χ1v) is 9.78. The lowest BCUT2D eigenvalue weighted by Gasteiger charge is -2.26. The average molecular weight is 383 g/mol. The van der Waals surface area contributed by atoms with Gasteiger partial charge < -0.3 is 15.0 Å². The molecule has 0 atom stereocenters. The van der Waals surface area contributed by atoms with Gasteiger partial charge in [0.2, 0.25) is 11.8 Å². The fraction of sp³-hybridized carbons (Fsp3) is 0.391. The molecule has 0 aliphatic carbocycles. The number of amides is 2. The van der Waals surface area contributed by atoms with Gasteiger partial charge in [0, 0.05) is 32.1 Å². The molecule has 0 saturated heterocycles. The van der Waals surface area contributed by atoms with Crippen molar-refractivity contribution >= 4 is 17.5 Å². The number of carbonyl (C=O) groups excluding carboxylic acids is 2. The van der Waals surface area contributed by atoms with Crippen LogP contribution in [0.25, 0.3) is 0 Å². The number of nitrogens with zero attached hydrogens (tertiary/aromatic N) is 1. The van der Waals surface area contributed by atoms with E-state index in [1.54, 1.807) is 18.9 Å². The van der Waals surface area contributed by atoms with Gasteiger partial charge in [-0.1, -0.05) is 44.2 Å². The summed E-state index contributed by atoms with van der Waals surface area (Å²) in [7, 11) is 1.62. The number of carbonyl (C=O) groups is 2. The highest BCUT2D eigenvalue weighted by atomic mass is 16.5. The Bertz CT molecular complexity index is 778. The predicted molar refractivity (Wildman–Crippen MR) is 113 cm³/mol. The van der Waals surface area contributed by atoms with E-state index in [0.717, 1.165) is 41.0 Å².